The van der Waals surface area contributed by atoms with Crippen molar-refractivity contribution in [3.63, 3.8) is 0 Å². The molecule has 1 aromatic rings. The standard InChI is InChI=1S/C13H18O3/c1-2-10-16-13(15)12(14)9-8-11-6-4-3-5-7-11/h3-7,12,14H,2,8-10H2,1H3. The Morgan fingerprint density at radius 3 is 2.69 bits per heavy atom. The van der Waals surface area contributed by atoms with Crippen molar-refractivity contribution < 1.29 is 14.6 Å². The Balaban J connectivity index is 2.29. The first-order valence-electron chi connectivity index (χ1n) is 5.62. The van der Waals surface area contributed by atoms with Crippen LogP contribution in [0.25, 0.3) is 0 Å². The first kappa shape index (κ1) is 12.7. The number of ether oxygens (including phenoxy) is 1. The molecule has 0 aliphatic rings. The van der Waals surface area contributed by atoms with Crippen LogP contribution in [0.4, 0.5) is 0 Å². The second-order valence-electron chi connectivity index (χ2n) is 3.71. The van der Waals surface area contributed by atoms with E-state index in [4.69, 9.17) is 4.74 Å². The van der Waals surface area contributed by atoms with Crippen LogP contribution in [0.1, 0.15) is 25.3 Å². The van der Waals surface area contributed by atoms with E-state index in [0.29, 0.717) is 19.4 Å². The topological polar surface area (TPSA) is 46.5 Å². The van der Waals surface area contributed by atoms with Gasteiger partial charge in [0, 0.05) is 0 Å². The fraction of sp³-hybridized carbons (Fsp3) is 0.462. The molecule has 0 spiro atoms. The molecular weight excluding hydrogens is 204 g/mol. The highest BCUT2D eigenvalue weighted by Crippen LogP contribution is 2.06. The van der Waals surface area contributed by atoms with Gasteiger partial charge >= 0.3 is 5.97 Å². The summed E-state index contributed by atoms with van der Waals surface area (Å²) < 4.78 is 4.85. The third kappa shape index (κ3) is 4.45. The molecule has 0 heterocycles. The van der Waals surface area contributed by atoms with Crippen LogP contribution in [-0.4, -0.2) is 23.8 Å². The summed E-state index contributed by atoms with van der Waals surface area (Å²) in [4.78, 5) is 11.3. The summed E-state index contributed by atoms with van der Waals surface area (Å²) >= 11 is 0. The van der Waals surface area contributed by atoms with E-state index in [2.05, 4.69) is 0 Å². The molecule has 0 bridgehead atoms. The lowest BCUT2D eigenvalue weighted by Gasteiger charge is -2.09. The summed E-state index contributed by atoms with van der Waals surface area (Å²) in [5.74, 6) is -0.516. The molecule has 1 rings (SSSR count). The molecule has 0 saturated heterocycles. The smallest absolute Gasteiger partial charge is 0.334 e. The molecule has 0 radical (unpaired) electrons. The zero-order chi connectivity index (χ0) is 11.8. The number of hydrogen-bond donors (Lipinski definition) is 1. The molecule has 1 atom stereocenters. The maximum Gasteiger partial charge on any atom is 0.334 e. The summed E-state index contributed by atoms with van der Waals surface area (Å²) in [5, 5.41) is 9.53. The monoisotopic (exact) mass is 222 g/mol. The van der Waals surface area contributed by atoms with Crippen LogP contribution >= 0.6 is 0 Å². The highest BCUT2D eigenvalue weighted by molar-refractivity contribution is 5.74. The van der Waals surface area contributed by atoms with Crippen molar-refractivity contribution in [2.75, 3.05) is 6.61 Å². The van der Waals surface area contributed by atoms with Gasteiger partial charge in [0.25, 0.3) is 0 Å². The fourth-order valence-corrected chi connectivity index (χ4v) is 1.36. The molecule has 1 N–H and O–H groups in total. The molecule has 88 valence electrons. The molecule has 1 aromatic carbocycles. The van der Waals surface area contributed by atoms with Crippen LogP contribution in [-0.2, 0) is 16.0 Å². The summed E-state index contributed by atoms with van der Waals surface area (Å²) in [6.07, 6.45) is 0.860. The SMILES string of the molecule is CCCOC(=O)C(O)CCc1ccccc1. The van der Waals surface area contributed by atoms with E-state index in [1.807, 2.05) is 37.3 Å². The third-order valence-corrected chi connectivity index (χ3v) is 2.27. The van der Waals surface area contributed by atoms with Crippen molar-refractivity contribution in [2.24, 2.45) is 0 Å². The molecule has 3 heteroatoms. The van der Waals surface area contributed by atoms with E-state index in [-0.39, 0.29) is 0 Å². The van der Waals surface area contributed by atoms with Gasteiger partial charge < -0.3 is 9.84 Å². The van der Waals surface area contributed by atoms with Crippen LogP contribution in [0.15, 0.2) is 30.3 Å². The highest BCUT2D eigenvalue weighted by atomic mass is 16.5. The lowest BCUT2D eigenvalue weighted by molar-refractivity contribution is -0.153. The summed E-state index contributed by atoms with van der Waals surface area (Å²) in [7, 11) is 0. The normalized spacial score (nSPS) is 12.1. The van der Waals surface area contributed by atoms with Gasteiger partial charge in [-0.15, -0.1) is 0 Å². The van der Waals surface area contributed by atoms with Gasteiger partial charge in [0.1, 0.15) is 0 Å². The van der Waals surface area contributed by atoms with Crippen LogP contribution in [0.3, 0.4) is 0 Å². The molecule has 16 heavy (non-hydrogen) atoms. The lowest BCUT2D eigenvalue weighted by Crippen LogP contribution is -2.23. The van der Waals surface area contributed by atoms with E-state index < -0.39 is 12.1 Å². The molecule has 3 nitrogen and oxygen atoms in total. The molecule has 0 aliphatic carbocycles. The van der Waals surface area contributed by atoms with Crippen molar-refractivity contribution in [3.05, 3.63) is 35.9 Å². The molecular formula is C13H18O3. The second kappa shape index (κ2) is 7.01. The van der Waals surface area contributed by atoms with Gasteiger partial charge in [-0.05, 0) is 24.8 Å². The molecule has 1 unspecified atom stereocenters. The zero-order valence-corrected chi connectivity index (χ0v) is 9.56. The Hall–Kier alpha value is -1.35. The average Bonchev–Trinajstić information content (AvgIpc) is 2.34. The molecule has 0 saturated carbocycles. The van der Waals surface area contributed by atoms with Crippen LogP contribution in [0.5, 0.6) is 0 Å². The largest absolute Gasteiger partial charge is 0.464 e. The van der Waals surface area contributed by atoms with Gasteiger partial charge in [-0.25, -0.2) is 4.79 Å². The van der Waals surface area contributed by atoms with E-state index >= 15 is 0 Å². The zero-order valence-electron chi connectivity index (χ0n) is 9.56. The Morgan fingerprint density at radius 2 is 2.06 bits per heavy atom. The van der Waals surface area contributed by atoms with Gasteiger partial charge in [-0.3, -0.25) is 0 Å². The van der Waals surface area contributed by atoms with Crippen molar-refractivity contribution in [1.82, 2.24) is 0 Å². The Labute approximate surface area is 96.1 Å². The number of benzene rings is 1. The molecule has 0 fully saturated rings. The highest BCUT2D eigenvalue weighted by Gasteiger charge is 2.15. The minimum Gasteiger partial charge on any atom is -0.464 e. The number of aliphatic hydroxyl groups excluding tert-OH is 1. The lowest BCUT2D eigenvalue weighted by atomic mass is 10.1. The quantitative estimate of drug-likeness (QED) is 0.748. The van der Waals surface area contributed by atoms with E-state index in [1.165, 1.54) is 0 Å². The predicted octanol–water partition coefficient (Wildman–Crippen LogP) is 1.93. The van der Waals surface area contributed by atoms with Gasteiger partial charge in [0.15, 0.2) is 6.10 Å². The summed E-state index contributed by atoms with van der Waals surface area (Å²) in [6.45, 7) is 2.30. The first-order valence-corrected chi connectivity index (χ1v) is 5.62. The number of aliphatic hydroxyl groups is 1. The van der Waals surface area contributed by atoms with Crippen molar-refractivity contribution >= 4 is 5.97 Å². The van der Waals surface area contributed by atoms with Gasteiger partial charge in [0.05, 0.1) is 6.61 Å². The minimum absolute atomic E-state index is 0.376. The van der Waals surface area contributed by atoms with E-state index in [1.54, 1.807) is 0 Å². The number of hydrogen-bond acceptors (Lipinski definition) is 3. The van der Waals surface area contributed by atoms with Gasteiger partial charge in [-0.2, -0.15) is 0 Å². The predicted molar refractivity (Wildman–Crippen MR) is 62.0 cm³/mol. The maximum atomic E-state index is 11.3. The number of aryl methyl sites for hydroxylation is 1. The average molecular weight is 222 g/mol. The maximum absolute atomic E-state index is 11.3. The van der Waals surface area contributed by atoms with E-state index in [9.17, 15) is 9.90 Å². The second-order valence-corrected chi connectivity index (χ2v) is 3.71. The number of carbonyl (C=O) groups excluding carboxylic acids is 1. The van der Waals surface area contributed by atoms with Crippen molar-refractivity contribution in [1.29, 1.82) is 0 Å². The van der Waals surface area contributed by atoms with Gasteiger partial charge in [-0.1, -0.05) is 37.3 Å². The van der Waals surface area contributed by atoms with Gasteiger partial charge in [0.2, 0.25) is 0 Å². The first-order chi connectivity index (χ1) is 7.74. The summed E-state index contributed by atoms with van der Waals surface area (Å²) in [6, 6.07) is 9.78. The van der Waals surface area contributed by atoms with Crippen molar-refractivity contribution in [3.8, 4) is 0 Å². The number of rotatable bonds is 6. The Bertz CT molecular complexity index is 308. The number of esters is 1. The van der Waals surface area contributed by atoms with Crippen molar-refractivity contribution in [2.45, 2.75) is 32.3 Å². The minimum atomic E-state index is -1.01. The molecule has 0 aliphatic heterocycles. The molecule has 0 amide bonds. The number of carbonyl (C=O) groups is 1. The van der Waals surface area contributed by atoms with Crippen LogP contribution in [0.2, 0.25) is 0 Å². The van der Waals surface area contributed by atoms with Crippen LogP contribution in [0, 0.1) is 0 Å². The van der Waals surface area contributed by atoms with E-state index in [0.717, 1.165) is 12.0 Å². The third-order valence-electron chi connectivity index (χ3n) is 2.27. The van der Waals surface area contributed by atoms with Crippen LogP contribution < -0.4 is 0 Å². The summed E-state index contributed by atoms with van der Waals surface area (Å²) in [5.41, 5.74) is 1.12. The molecule has 0 aromatic heterocycles. The Kier molecular flexibility index (Phi) is 5.57. The Morgan fingerprint density at radius 1 is 1.38 bits per heavy atom. The fourth-order valence-electron chi connectivity index (χ4n) is 1.36.